The van der Waals surface area contributed by atoms with Crippen LogP contribution in [0.3, 0.4) is 0 Å². The van der Waals surface area contributed by atoms with Crippen molar-refractivity contribution in [3.05, 3.63) is 29.6 Å². The molecular formula is C12H14F3NO. The van der Waals surface area contributed by atoms with Crippen LogP contribution in [0.5, 0.6) is 0 Å². The number of hydrogen-bond donors (Lipinski definition) is 1. The van der Waals surface area contributed by atoms with E-state index in [9.17, 15) is 13.2 Å². The van der Waals surface area contributed by atoms with Crippen molar-refractivity contribution in [1.29, 1.82) is 0 Å². The van der Waals surface area contributed by atoms with Crippen molar-refractivity contribution in [2.24, 2.45) is 0 Å². The molecule has 0 aliphatic carbocycles. The first-order chi connectivity index (χ1) is 8.16. The summed E-state index contributed by atoms with van der Waals surface area (Å²) in [6, 6.07) is 1.32. The minimum atomic E-state index is -0.918. The van der Waals surface area contributed by atoms with Crippen LogP contribution in [0.4, 0.5) is 18.9 Å². The van der Waals surface area contributed by atoms with Crippen LogP contribution >= 0.6 is 0 Å². The summed E-state index contributed by atoms with van der Waals surface area (Å²) in [5.41, 5.74) is -0.291. The highest BCUT2D eigenvalue weighted by atomic mass is 19.1. The number of nitrogens with one attached hydrogen (secondary N) is 1. The van der Waals surface area contributed by atoms with E-state index < -0.39 is 17.5 Å². The van der Waals surface area contributed by atoms with E-state index >= 15 is 0 Å². The first-order valence-electron chi connectivity index (χ1n) is 5.67. The SMILES string of the molecule is Fc1cc(F)c(NCC2CCCCO2)c(F)c1. The van der Waals surface area contributed by atoms with Crippen molar-refractivity contribution in [3.8, 4) is 0 Å². The highest BCUT2D eigenvalue weighted by Gasteiger charge is 2.16. The summed E-state index contributed by atoms with van der Waals surface area (Å²) in [6.45, 7) is 1.01. The number of hydrogen-bond acceptors (Lipinski definition) is 2. The van der Waals surface area contributed by atoms with Gasteiger partial charge in [0.2, 0.25) is 0 Å². The molecule has 1 heterocycles. The van der Waals surface area contributed by atoms with E-state index in [2.05, 4.69) is 5.32 Å². The Labute approximate surface area is 97.8 Å². The van der Waals surface area contributed by atoms with Gasteiger partial charge in [-0.15, -0.1) is 0 Å². The van der Waals surface area contributed by atoms with Crippen molar-refractivity contribution in [1.82, 2.24) is 0 Å². The molecule has 2 rings (SSSR count). The molecule has 1 aromatic carbocycles. The minimum Gasteiger partial charge on any atom is -0.378 e. The predicted molar refractivity (Wildman–Crippen MR) is 58.4 cm³/mol. The Bertz CT molecular complexity index is 368. The molecule has 17 heavy (non-hydrogen) atoms. The molecule has 1 N–H and O–H groups in total. The average Bonchev–Trinajstić information content (AvgIpc) is 2.29. The van der Waals surface area contributed by atoms with Crippen LogP contribution in [-0.2, 0) is 4.74 Å². The second-order valence-corrected chi connectivity index (χ2v) is 4.11. The van der Waals surface area contributed by atoms with Gasteiger partial charge in [0, 0.05) is 25.3 Å². The zero-order chi connectivity index (χ0) is 12.3. The van der Waals surface area contributed by atoms with Crippen LogP contribution in [0, 0.1) is 17.5 Å². The van der Waals surface area contributed by atoms with Gasteiger partial charge in [0.15, 0.2) is 11.6 Å². The average molecular weight is 245 g/mol. The third kappa shape index (κ3) is 3.12. The molecular weight excluding hydrogens is 231 g/mol. The van der Waals surface area contributed by atoms with E-state index in [1.165, 1.54) is 0 Å². The molecule has 5 heteroatoms. The van der Waals surface area contributed by atoms with Gasteiger partial charge in [-0.25, -0.2) is 13.2 Å². The summed E-state index contributed by atoms with van der Waals surface area (Å²) in [4.78, 5) is 0. The van der Waals surface area contributed by atoms with E-state index in [0.29, 0.717) is 25.3 Å². The Balaban J connectivity index is 1.98. The topological polar surface area (TPSA) is 21.3 Å². The Kier molecular flexibility index (Phi) is 3.89. The quantitative estimate of drug-likeness (QED) is 0.883. The van der Waals surface area contributed by atoms with Gasteiger partial charge in [-0.05, 0) is 19.3 Å². The normalized spacial score (nSPS) is 20.3. The van der Waals surface area contributed by atoms with Gasteiger partial charge in [0.1, 0.15) is 11.5 Å². The first-order valence-corrected chi connectivity index (χ1v) is 5.67. The fraction of sp³-hybridized carbons (Fsp3) is 0.500. The maximum Gasteiger partial charge on any atom is 0.152 e. The number of halogens is 3. The number of ether oxygens (including phenoxy) is 1. The molecule has 1 aliphatic rings. The summed E-state index contributed by atoms with van der Waals surface area (Å²) < 4.78 is 44.7. The molecule has 0 radical (unpaired) electrons. The van der Waals surface area contributed by atoms with E-state index in [1.807, 2.05) is 0 Å². The van der Waals surface area contributed by atoms with E-state index in [-0.39, 0.29) is 11.8 Å². The van der Waals surface area contributed by atoms with E-state index in [1.54, 1.807) is 0 Å². The van der Waals surface area contributed by atoms with Gasteiger partial charge in [-0.2, -0.15) is 0 Å². The van der Waals surface area contributed by atoms with Crippen LogP contribution in [0.2, 0.25) is 0 Å². The summed E-state index contributed by atoms with van der Waals surface area (Å²) in [6.07, 6.45) is 2.92. The first kappa shape index (κ1) is 12.2. The maximum absolute atomic E-state index is 13.3. The number of benzene rings is 1. The Morgan fingerprint density at radius 3 is 2.47 bits per heavy atom. The molecule has 0 saturated carbocycles. The minimum absolute atomic E-state index is 0.0346. The molecule has 0 aromatic heterocycles. The predicted octanol–water partition coefficient (Wildman–Crippen LogP) is 3.08. The van der Waals surface area contributed by atoms with Crippen molar-refractivity contribution >= 4 is 5.69 Å². The summed E-state index contributed by atoms with van der Waals surface area (Å²) in [7, 11) is 0. The molecule has 1 fully saturated rings. The molecule has 0 bridgehead atoms. The molecule has 2 nitrogen and oxygen atoms in total. The molecule has 94 valence electrons. The van der Waals surface area contributed by atoms with Crippen LogP contribution in [0.1, 0.15) is 19.3 Å². The Hall–Kier alpha value is -1.23. The fourth-order valence-corrected chi connectivity index (χ4v) is 1.90. The second-order valence-electron chi connectivity index (χ2n) is 4.11. The molecule has 0 spiro atoms. The lowest BCUT2D eigenvalue weighted by Crippen LogP contribution is -2.27. The maximum atomic E-state index is 13.3. The van der Waals surface area contributed by atoms with Gasteiger partial charge in [0.05, 0.1) is 6.10 Å². The summed E-state index contributed by atoms with van der Waals surface area (Å²) in [5, 5.41) is 2.64. The lowest BCUT2D eigenvalue weighted by atomic mass is 10.1. The highest BCUT2D eigenvalue weighted by Crippen LogP contribution is 2.21. The molecule has 1 atom stereocenters. The molecule has 1 aromatic rings. The largest absolute Gasteiger partial charge is 0.378 e. The highest BCUT2D eigenvalue weighted by molar-refractivity contribution is 5.46. The van der Waals surface area contributed by atoms with Crippen LogP contribution in [0.15, 0.2) is 12.1 Å². The lowest BCUT2D eigenvalue weighted by molar-refractivity contribution is 0.0247. The van der Waals surface area contributed by atoms with Gasteiger partial charge >= 0.3 is 0 Å². The smallest absolute Gasteiger partial charge is 0.152 e. The third-order valence-electron chi connectivity index (χ3n) is 2.79. The van der Waals surface area contributed by atoms with E-state index in [0.717, 1.165) is 19.3 Å². The Morgan fingerprint density at radius 2 is 1.88 bits per heavy atom. The number of rotatable bonds is 3. The van der Waals surface area contributed by atoms with Crippen LogP contribution < -0.4 is 5.32 Å². The monoisotopic (exact) mass is 245 g/mol. The fourth-order valence-electron chi connectivity index (χ4n) is 1.90. The standard InChI is InChI=1S/C12H14F3NO/c13-8-5-10(14)12(11(15)6-8)16-7-9-3-1-2-4-17-9/h5-6,9,16H,1-4,7H2. The summed E-state index contributed by atoms with van der Waals surface area (Å²) >= 11 is 0. The van der Waals surface area contributed by atoms with Crippen molar-refractivity contribution < 1.29 is 17.9 Å². The zero-order valence-electron chi connectivity index (χ0n) is 9.31. The van der Waals surface area contributed by atoms with Gasteiger partial charge in [-0.1, -0.05) is 0 Å². The van der Waals surface area contributed by atoms with E-state index in [4.69, 9.17) is 4.74 Å². The second kappa shape index (κ2) is 5.40. The van der Waals surface area contributed by atoms with Gasteiger partial charge in [0.25, 0.3) is 0 Å². The van der Waals surface area contributed by atoms with Gasteiger partial charge in [-0.3, -0.25) is 0 Å². The molecule has 1 unspecified atom stereocenters. The van der Waals surface area contributed by atoms with Crippen LogP contribution in [-0.4, -0.2) is 19.3 Å². The Morgan fingerprint density at radius 1 is 1.18 bits per heavy atom. The molecule has 1 aliphatic heterocycles. The van der Waals surface area contributed by atoms with Crippen molar-refractivity contribution in [2.45, 2.75) is 25.4 Å². The lowest BCUT2D eigenvalue weighted by Gasteiger charge is -2.23. The van der Waals surface area contributed by atoms with Crippen molar-refractivity contribution in [3.63, 3.8) is 0 Å². The molecule has 1 saturated heterocycles. The van der Waals surface area contributed by atoms with Gasteiger partial charge < -0.3 is 10.1 Å². The van der Waals surface area contributed by atoms with Crippen LogP contribution in [0.25, 0.3) is 0 Å². The third-order valence-corrected chi connectivity index (χ3v) is 2.79. The zero-order valence-corrected chi connectivity index (χ0v) is 9.31. The summed E-state index contributed by atoms with van der Waals surface area (Å²) in [5.74, 6) is -2.75. The van der Waals surface area contributed by atoms with Crippen molar-refractivity contribution in [2.75, 3.05) is 18.5 Å². The molecule has 0 amide bonds. The number of anilines is 1.